The zero-order valence-corrected chi connectivity index (χ0v) is 20.1. The lowest BCUT2D eigenvalue weighted by atomic mass is 9.89. The third-order valence-electron chi connectivity index (χ3n) is 5.73. The maximum atomic E-state index is 13.0. The van der Waals surface area contributed by atoms with E-state index in [-0.39, 0.29) is 35.2 Å². The number of hydrogen-bond donors (Lipinski definition) is 1. The Morgan fingerprint density at radius 3 is 2.67 bits per heavy atom. The minimum absolute atomic E-state index is 0.0227. The quantitative estimate of drug-likeness (QED) is 0.613. The lowest BCUT2D eigenvalue weighted by Gasteiger charge is -2.17. The molecule has 0 radical (unpaired) electrons. The van der Waals surface area contributed by atoms with Crippen LogP contribution in [0.1, 0.15) is 83.6 Å². The van der Waals surface area contributed by atoms with Gasteiger partial charge in [-0.3, -0.25) is 19.4 Å². The molecule has 0 aromatic carbocycles. The second-order valence-electron chi connectivity index (χ2n) is 9.54. The molecule has 33 heavy (non-hydrogen) atoms. The van der Waals surface area contributed by atoms with Crippen molar-refractivity contribution in [3.63, 3.8) is 0 Å². The summed E-state index contributed by atoms with van der Waals surface area (Å²) in [7, 11) is 0. The number of hydrogen-bond acceptors (Lipinski definition) is 8. The molecule has 2 aromatic heterocycles. The number of nitrogens with one attached hydrogen (secondary N) is 1. The summed E-state index contributed by atoms with van der Waals surface area (Å²) >= 11 is 1.34. The van der Waals surface area contributed by atoms with Gasteiger partial charge in [0, 0.05) is 48.1 Å². The molecule has 0 saturated carbocycles. The number of thiazole rings is 1. The predicted octanol–water partition coefficient (Wildman–Crippen LogP) is 4.19. The van der Waals surface area contributed by atoms with E-state index in [2.05, 4.69) is 46.0 Å². The first-order valence-corrected chi connectivity index (χ1v) is 11.8. The molecule has 172 valence electrons. The second-order valence-corrected chi connectivity index (χ2v) is 10.6. The van der Waals surface area contributed by atoms with E-state index in [1.807, 2.05) is 13.0 Å². The highest BCUT2D eigenvalue weighted by Crippen LogP contribution is 2.30. The predicted molar refractivity (Wildman–Crippen MR) is 127 cm³/mol. The van der Waals surface area contributed by atoms with Crippen molar-refractivity contribution in [2.24, 2.45) is 10.4 Å². The Morgan fingerprint density at radius 1 is 1.15 bits per heavy atom. The highest BCUT2D eigenvalue weighted by molar-refractivity contribution is 7.13. The molecule has 1 amide bonds. The Balaban J connectivity index is 1.40. The van der Waals surface area contributed by atoms with Crippen molar-refractivity contribution >= 4 is 40.3 Å². The molecule has 4 rings (SSSR count). The first kappa shape index (κ1) is 23.1. The molecule has 1 N–H and O–H groups in total. The number of carbonyl (C=O) groups is 3. The number of aromatic nitrogens is 3. The van der Waals surface area contributed by atoms with Gasteiger partial charge < -0.3 is 5.32 Å². The molecule has 0 saturated heterocycles. The number of allylic oxidation sites excluding steroid dienone is 1. The number of Topliss-reactive ketones (excluding diaryl/α,β-unsaturated/α-hetero) is 2. The Kier molecular flexibility index (Phi) is 6.34. The molecule has 4 heterocycles. The van der Waals surface area contributed by atoms with Crippen LogP contribution in [0.5, 0.6) is 0 Å². The van der Waals surface area contributed by atoms with E-state index < -0.39 is 0 Å². The van der Waals surface area contributed by atoms with Crippen molar-refractivity contribution in [1.82, 2.24) is 15.0 Å². The van der Waals surface area contributed by atoms with Crippen molar-refractivity contribution in [3.05, 3.63) is 45.3 Å². The average molecular weight is 466 g/mol. The SMILES string of the molecule is C[C@@H](CC(=O)c1ncnc2c1CCC(=O)N2)c1ncc(C(=O)CC2=CC(C(C)(C)C)=NC2)s1. The van der Waals surface area contributed by atoms with Crippen molar-refractivity contribution in [2.45, 2.75) is 59.3 Å². The van der Waals surface area contributed by atoms with Gasteiger partial charge in [0.15, 0.2) is 11.6 Å². The molecule has 0 bridgehead atoms. The largest absolute Gasteiger partial charge is 0.310 e. The summed E-state index contributed by atoms with van der Waals surface area (Å²) in [6, 6.07) is 0. The second kappa shape index (κ2) is 9.05. The minimum Gasteiger partial charge on any atom is -0.310 e. The fraction of sp³-hybridized carbons (Fsp3) is 0.458. The van der Waals surface area contributed by atoms with Crippen LogP contribution < -0.4 is 5.32 Å². The number of anilines is 1. The van der Waals surface area contributed by atoms with Gasteiger partial charge in [0.2, 0.25) is 5.91 Å². The lowest BCUT2D eigenvalue weighted by Crippen LogP contribution is -2.23. The zero-order chi connectivity index (χ0) is 23.8. The van der Waals surface area contributed by atoms with E-state index in [0.717, 1.165) is 16.3 Å². The van der Waals surface area contributed by atoms with Gasteiger partial charge in [0.25, 0.3) is 0 Å². The van der Waals surface area contributed by atoms with Gasteiger partial charge in [0.1, 0.15) is 17.8 Å². The van der Waals surface area contributed by atoms with E-state index in [0.29, 0.717) is 47.8 Å². The van der Waals surface area contributed by atoms with E-state index in [9.17, 15) is 14.4 Å². The molecule has 1 atom stereocenters. The van der Waals surface area contributed by atoms with Gasteiger partial charge in [0.05, 0.1) is 16.4 Å². The maximum Gasteiger partial charge on any atom is 0.225 e. The Labute approximate surface area is 196 Å². The van der Waals surface area contributed by atoms with Crippen LogP contribution in [0, 0.1) is 5.41 Å². The van der Waals surface area contributed by atoms with Gasteiger partial charge in [-0.05, 0) is 18.1 Å². The van der Waals surface area contributed by atoms with Crippen molar-refractivity contribution in [1.29, 1.82) is 0 Å². The van der Waals surface area contributed by atoms with E-state index in [1.54, 1.807) is 6.20 Å². The normalized spacial score (nSPS) is 16.5. The maximum absolute atomic E-state index is 13.0. The standard InChI is InChI=1S/C24H27N5O3S/c1-13(7-17(31)21-15-5-6-20(32)29-22(15)28-12-27-21)23-26-11-18(33-23)16(30)8-14-9-19(25-10-14)24(2,3)4/h9,11-13H,5-8,10H2,1-4H3,(H,27,28,29,32)/t13-/m0/s1. The summed E-state index contributed by atoms with van der Waals surface area (Å²) in [6.07, 6.45) is 6.24. The number of amides is 1. The van der Waals surface area contributed by atoms with Gasteiger partial charge in [-0.1, -0.05) is 27.7 Å². The van der Waals surface area contributed by atoms with Gasteiger partial charge in [-0.15, -0.1) is 11.3 Å². The van der Waals surface area contributed by atoms with Crippen LogP contribution in [0.25, 0.3) is 0 Å². The van der Waals surface area contributed by atoms with Gasteiger partial charge >= 0.3 is 0 Å². The third kappa shape index (κ3) is 5.13. The number of fused-ring (bicyclic) bond motifs is 1. The van der Waals surface area contributed by atoms with Crippen LogP contribution in [0.2, 0.25) is 0 Å². The summed E-state index contributed by atoms with van der Waals surface area (Å²) in [5, 5.41) is 3.44. The molecule has 8 nitrogen and oxygen atoms in total. The summed E-state index contributed by atoms with van der Waals surface area (Å²) in [5.74, 6) is 0.0499. The number of ketones is 2. The van der Waals surface area contributed by atoms with Crippen molar-refractivity contribution in [2.75, 3.05) is 11.9 Å². The number of carbonyl (C=O) groups excluding carboxylic acids is 3. The highest BCUT2D eigenvalue weighted by atomic mass is 32.1. The van der Waals surface area contributed by atoms with E-state index in [4.69, 9.17) is 0 Å². The Morgan fingerprint density at radius 2 is 1.94 bits per heavy atom. The van der Waals surface area contributed by atoms with E-state index >= 15 is 0 Å². The van der Waals surface area contributed by atoms with Crippen LogP contribution in [-0.2, 0) is 11.2 Å². The van der Waals surface area contributed by atoms with Crippen molar-refractivity contribution in [3.8, 4) is 0 Å². The highest BCUT2D eigenvalue weighted by Gasteiger charge is 2.26. The monoisotopic (exact) mass is 465 g/mol. The first-order chi connectivity index (χ1) is 15.6. The molecule has 2 aliphatic rings. The minimum atomic E-state index is -0.158. The molecular formula is C24H27N5O3S. The average Bonchev–Trinajstić information content (AvgIpc) is 3.43. The van der Waals surface area contributed by atoms with Crippen LogP contribution in [-0.4, -0.2) is 44.7 Å². The molecule has 9 heteroatoms. The van der Waals surface area contributed by atoms with Gasteiger partial charge in [-0.25, -0.2) is 15.0 Å². The lowest BCUT2D eigenvalue weighted by molar-refractivity contribution is -0.116. The van der Waals surface area contributed by atoms with Crippen LogP contribution >= 0.6 is 11.3 Å². The van der Waals surface area contributed by atoms with Crippen LogP contribution in [0.15, 0.2) is 29.2 Å². The molecular weight excluding hydrogens is 438 g/mol. The summed E-state index contributed by atoms with van der Waals surface area (Å²) < 4.78 is 0. The molecule has 0 aliphatic carbocycles. The van der Waals surface area contributed by atoms with Crippen LogP contribution in [0.3, 0.4) is 0 Å². The smallest absolute Gasteiger partial charge is 0.225 e. The zero-order valence-electron chi connectivity index (χ0n) is 19.3. The summed E-state index contributed by atoms with van der Waals surface area (Å²) in [4.78, 5) is 55.1. The summed E-state index contributed by atoms with van der Waals surface area (Å²) in [5.41, 5.74) is 3.05. The number of nitrogens with zero attached hydrogens (tertiary/aromatic N) is 4. The molecule has 0 fully saturated rings. The fourth-order valence-electron chi connectivity index (χ4n) is 3.86. The molecule has 2 aromatic rings. The number of aliphatic imine (C=N–C) groups is 1. The Hall–Kier alpha value is -3.07. The van der Waals surface area contributed by atoms with Crippen molar-refractivity contribution < 1.29 is 14.4 Å². The van der Waals surface area contributed by atoms with Crippen LogP contribution in [0.4, 0.5) is 5.82 Å². The molecule has 2 aliphatic heterocycles. The molecule has 0 unspecified atom stereocenters. The number of rotatable bonds is 7. The Bertz CT molecular complexity index is 1190. The fourth-order valence-corrected chi connectivity index (χ4v) is 4.77. The molecule has 0 spiro atoms. The summed E-state index contributed by atoms with van der Waals surface area (Å²) in [6.45, 7) is 8.82. The van der Waals surface area contributed by atoms with E-state index in [1.165, 1.54) is 17.7 Å². The van der Waals surface area contributed by atoms with Gasteiger partial charge in [-0.2, -0.15) is 0 Å². The third-order valence-corrected chi connectivity index (χ3v) is 7.00. The first-order valence-electron chi connectivity index (χ1n) is 11.0. The topological polar surface area (TPSA) is 114 Å².